The Morgan fingerprint density at radius 1 is 1.23 bits per heavy atom. The highest BCUT2D eigenvalue weighted by Gasteiger charge is 2.27. The Labute approximate surface area is 132 Å². The molecule has 1 aliphatic heterocycles. The monoisotopic (exact) mass is 299 g/mol. The predicted octanol–water partition coefficient (Wildman–Crippen LogP) is 3.00. The Morgan fingerprint density at radius 3 is 2.59 bits per heavy atom. The maximum absolute atomic E-state index is 5.80. The standard InChI is InChI=1S/C18H25N3O/c1-14-15(2)22-18(19-14)13-21(17-9-10-20(3)12-17)11-16-7-5-4-6-8-16/h4-8,17H,9-13H2,1-3H3. The second kappa shape index (κ2) is 6.63. The predicted molar refractivity (Wildman–Crippen MR) is 87.6 cm³/mol. The van der Waals surface area contributed by atoms with Gasteiger partial charge in [-0.25, -0.2) is 4.98 Å². The Bertz CT molecular complexity index is 589. The molecule has 2 aromatic rings. The van der Waals surface area contributed by atoms with Gasteiger partial charge in [-0.05, 0) is 39.4 Å². The van der Waals surface area contributed by atoms with Crippen molar-refractivity contribution in [1.29, 1.82) is 0 Å². The van der Waals surface area contributed by atoms with E-state index in [4.69, 9.17) is 4.42 Å². The third-order valence-corrected chi connectivity index (χ3v) is 4.52. The van der Waals surface area contributed by atoms with Crippen molar-refractivity contribution < 1.29 is 4.42 Å². The first-order chi connectivity index (χ1) is 10.6. The fourth-order valence-corrected chi connectivity index (χ4v) is 3.12. The average molecular weight is 299 g/mol. The summed E-state index contributed by atoms with van der Waals surface area (Å²) in [6.45, 7) is 8.00. The molecule has 4 heteroatoms. The van der Waals surface area contributed by atoms with Gasteiger partial charge >= 0.3 is 0 Å². The van der Waals surface area contributed by atoms with Crippen molar-refractivity contribution in [3.05, 3.63) is 53.2 Å². The smallest absolute Gasteiger partial charge is 0.208 e. The normalized spacial score (nSPS) is 19.2. The number of hydrogen-bond donors (Lipinski definition) is 0. The van der Waals surface area contributed by atoms with Crippen LogP contribution in [0.1, 0.15) is 29.3 Å². The Morgan fingerprint density at radius 2 is 2.00 bits per heavy atom. The van der Waals surface area contributed by atoms with E-state index in [1.807, 2.05) is 13.8 Å². The van der Waals surface area contributed by atoms with Gasteiger partial charge in [0.05, 0.1) is 12.2 Å². The van der Waals surface area contributed by atoms with Crippen molar-refractivity contribution in [1.82, 2.24) is 14.8 Å². The van der Waals surface area contributed by atoms with Crippen molar-refractivity contribution >= 4 is 0 Å². The molecular weight excluding hydrogens is 274 g/mol. The molecule has 1 saturated heterocycles. The summed E-state index contributed by atoms with van der Waals surface area (Å²) in [6.07, 6.45) is 1.21. The fraction of sp³-hybridized carbons (Fsp3) is 0.500. The van der Waals surface area contributed by atoms with Gasteiger partial charge in [0.2, 0.25) is 5.89 Å². The molecule has 1 aromatic heterocycles. The zero-order chi connectivity index (χ0) is 15.5. The molecule has 0 radical (unpaired) electrons. The Hall–Kier alpha value is -1.65. The van der Waals surface area contributed by atoms with Crippen molar-refractivity contribution in [3.63, 3.8) is 0 Å². The van der Waals surface area contributed by atoms with Crippen molar-refractivity contribution in [3.8, 4) is 0 Å². The van der Waals surface area contributed by atoms with E-state index < -0.39 is 0 Å². The number of aryl methyl sites for hydroxylation is 2. The number of benzene rings is 1. The minimum atomic E-state index is 0.567. The van der Waals surface area contributed by atoms with E-state index in [-0.39, 0.29) is 0 Å². The molecule has 0 N–H and O–H groups in total. The minimum Gasteiger partial charge on any atom is -0.444 e. The minimum absolute atomic E-state index is 0.567. The zero-order valence-corrected chi connectivity index (χ0v) is 13.7. The molecule has 0 bridgehead atoms. The van der Waals surface area contributed by atoms with E-state index in [1.165, 1.54) is 18.5 Å². The first-order valence-electron chi connectivity index (χ1n) is 8.01. The summed E-state index contributed by atoms with van der Waals surface area (Å²) in [5.41, 5.74) is 2.34. The lowest BCUT2D eigenvalue weighted by molar-refractivity contribution is 0.163. The zero-order valence-electron chi connectivity index (χ0n) is 13.7. The van der Waals surface area contributed by atoms with Gasteiger partial charge in [0.1, 0.15) is 5.76 Å². The van der Waals surface area contributed by atoms with Gasteiger partial charge in [0.15, 0.2) is 0 Å². The molecule has 1 atom stereocenters. The average Bonchev–Trinajstić information content (AvgIpc) is 3.06. The lowest BCUT2D eigenvalue weighted by atomic mass is 10.1. The summed E-state index contributed by atoms with van der Waals surface area (Å²) in [4.78, 5) is 9.46. The summed E-state index contributed by atoms with van der Waals surface area (Å²) >= 11 is 0. The van der Waals surface area contributed by atoms with Gasteiger partial charge in [-0.2, -0.15) is 0 Å². The van der Waals surface area contributed by atoms with Crippen LogP contribution in [-0.4, -0.2) is 41.0 Å². The van der Waals surface area contributed by atoms with Gasteiger partial charge in [0, 0.05) is 19.1 Å². The maximum atomic E-state index is 5.80. The summed E-state index contributed by atoms with van der Waals surface area (Å²) in [6, 6.07) is 11.2. The van der Waals surface area contributed by atoms with Crippen LogP contribution in [0.25, 0.3) is 0 Å². The number of aromatic nitrogens is 1. The molecule has 0 spiro atoms. The number of likely N-dealkylation sites (tertiary alicyclic amines) is 1. The number of likely N-dealkylation sites (N-methyl/N-ethyl adjacent to an activating group) is 1. The first-order valence-corrected chi connectivity index (χ1v) is 8.01. The van der Waals surface area contributed by atoms with E-state index in [1.54, 1.807) is 0 Å². The van der Waals surface area contributed by atoms with Crippen LogP contribution in [0, 0.1) is 13.8 Å². The van der Waals surface area contributed by atoms with Crippen LogP contribution in [0.4, 0.5) is 0 Å². The van der Waals surface area contributed by atoms with Crippen LogP contribution in [0.5, 0.6) is 0 Å². The third kappa shape index (κ3) is 3.57. The molecule has 3 rings (SSSR count). The molecule has 1 aromatic carbocycles. The lowest BCUT2D eigenvalue weighted by Crippen LogP contribution is -2.36. The number of hydrogen-bond acceptors (Lipinski definition) is 4. The quantitative estimate of drug-likeness (QED) is 0.849. The molecule has 22 heavy (non-hydrogen) atoms. The van der Waals surface area contributed by atoms with E-state index in [0.717, 1.165) is 37.0 Å². The third-order valence-electron chi connectivity index (χ3n) is 4.52. The molecule has 118 valence electrons. The highest BCUT2D eigenvalue weighted by molar-refractivity contribution is 5.15. The van der Waals surface area contributed by atoms with Gasteiger partial charge in [-0.1, -0.05) is 30.3 Å². The van der Waals surface area contributed by atoms with Crippen LogP contribution in [-0.2, 0) is 13.1 Å². The second-order valence-corrected chi connectivity index (χ2v) is 6.34. The van der Waals surface area contributed by atoms with Crippen LogP contribution >= 0.6 is 0 Å². The van der Waals surface area contributed by atoms with Crippen LogP contribution in [0.3, 0.4) is 0 Å². The van der Waals surface area contributed by atoms with Crippen LogP contribution in [0.2, 0.25) is 0 Å². The van der Waals surface area contributed by atoms with Gasteiger partial charge < -0.3 is 9.32 Å². The van der Waals surface area contributed by atoms with Gasteiger partial charge in [0.25, 0.3) is 0 Å². The molecule has 2 heterocycles. The van der Waals surface area contributed by atoms with Crippen molar-refractivity contribution in [2.75, 3.05) is 20.1 Å². The highest BCUT2D eigenvalue weighted by atomic mass is 16.4. The number of nitrogens with zero attached hydrogens (tertiary/aromatic N) is 3. The van der Waals surface area contributed by atoms with E-state index in [2.05, 4.69) is 52.2 Å². The summed E-state index contributed by atoms with van der Waals surface area (Å²) in [7, 11) is 2.19. The second-order valence-electron chi connectivity index (χ2n) is 6.34. The molecule has 0 amide bonds. The topological polar surface area (TPSA) is 32.5 Å². The Balaban J connectivity index is 1.76. The summed E-state index contributed by atoms with van der Waals surface area (Å²) in [5, 5.41) is 0. The number of oxazole rings is 1. The van der Waals surface area contributed by atoms with Crippen molar-refractivity contribution in [2.45, 2.75) is 39.4 Å². The Kier molecular flexibility index (Phi) is 4.60. The highest BCUT2D eigenvalue weighted by Crippen LogP contribution is 2.20. The van der Waals surface area contributed by atoms with Gasteiger partial charge in [-0.15, -0.1) is 0 Å². The van der Waals surface area contributed by atoms with Gasteiger partial charge in [-0.3, -0.25) is 4.90 Å². The first kappa shape index (κ1) is 15.3. The molecule has 4 nitrogen and oxygen atoms in total. The molecule has 0 saturated carbocycles. The largest absolute Gasteiger partial charge is 0.444 e. The van der Waals surface area contributed by atoms with E-state index >= 15 is 0 Å². The van der Waals surface area contributed by atoms with Crippen LogP contribution in [0.15, 0.2) is 34.7 Å². The lowest BCUT2D eigenvalue weighted by Gasteiger charge is -2.27. The molecule has 0 aliphatic carbocycles. The maximum Gasteiger partial charge on any atom is 0.208 e. The van der Waals surface area contributed by atoms with E-state index in [0.29, 0.717) is 6.04 Å². The fourth-order valence-electron chi connectivity index (χ4n) is 3.12. The summed E-state index contributed by atoms with van der Waals surface area (Å²) < 4.78 is 5.80. The molecule has 1 fully saturated rings. The van der Waals surface area contributed by atoms with Crippen LogP contribution < -0.4 is 0 Å². The number of rotatable bonds is 5. The van der Waals surface area contributed by atoms with Crippen molar-refractivity contribution in [2.24, 2.45) is 0 Å². The SMILES string of the molecule is Cc1nc(CN(Cc2ccccc2)C2CCN(C)C2)oc1C. The molecule has 1 aliphatic rings. The van der Waals surface area contributed by atoms with E-state index in [9.17, 15) is 0 Å². The molecule has 1 unspecified atom stereocenters. The molecular formula is C18H25N3O. The summed E-state index contributed by atoms with van der Waals surface area (Å²) in [5.74, 6) is 1.76.